The van der Waals surface area contributed by atoms with E-state index in [4.69, 9.17) is 9.66 Å². The van der Waals surface area contributed by atoms with Crippen LogP contribution in [-0.2, 0) is 44.2 Å². The molecular weight excluding hydrogens is 664 g/mol. The van der Waals surface area contributed by atoms with Crippen LogP contribution in [0, 0.1) is 0 Å². The van der Waals surface area contributed by atoms with Crippen molar-refractivity contribution in [1.82, 2.24) is 21.3 Å². The minimum absolute atomic E-state index is 0.327. The van der Waals surface area contributed by atoms with Gasteiger partial charge in [0.1, 0.15) is 29.6 Å². The van der Waals surface area contributed by atoms with Gasteiger partial charge in [0.15, 0.2) is 17.8 Å². The molecule has 0 aliphatic heterocycles. The molecule has 254 valence electrons. The quantitative estimate of drug-likeness (QED) is 0.0377. The maximum absolute atomic E-state index is 13.3. The Labute approximate surface area is 261 Å². The number of ether oxygens (including phenoxy) is 1. The van der Waals surface area contributed by atoms with Crippen LogP contribution in [0.3, 0.4) is 0 Å². The highest BCUT2D eigenvalue weighted by atomic mass is 32.2. The normalized spacial score (nSPS) is 14.0. The van der Waals surface area contributed by atoms with Crippen LogP contribution in [0.4, 0.5) is 0 Å². The van der Waals surface area contributed by atoms with Crippen molar-refractivity contribution in [2.24, 2.45) is 0 Å². The van der Waals surface area contributed by atoms with Crippen molar-refractivity contribution >= 4 is 67.9 Å². The van der Waals surface area contributed by atoms with E-state index >= 15 is 0 Å². The molecule has 7 N–H and O–H groups in total. The molecule has 1 rings (SSSR count). The molecule has 0 saturated carbocycles. The molecule has 1 aromatic rings. The number of rotatable bonds is 17. The molecular formula is C24H30N4O16S2. The number of carbonyl (C=O) groups excluding carboxylic acids is 7. The second-order valence-electron chi connectivity index (χ2n) is 9.57. The van der Waals surface area contributed by atoms with E-state index in [1.807, 2.05) is 5.32 Å². The Balaban J connectivity index is 3.58. The summed E-state index contributed by atoms with van der Waals surface area (Å²) in [4.78, 5) is 98.0. The number of hydrogen-bond donors (Lipinski definition) is 7. The molecule has 0 bridgehead atoms. The van der Waals surface area contributed by atoms with Crippen LogP contribution in [0.15, 0.2) is 12.1 Å². The molecule has 0 aliphatic rings. The molecule has 20 nitrogen and oxygen atoms in total. The van der Waals surface area contributed by atoms with E-state index in [9.17, 15) is 59.7 Å². The molecule has 0 heterocycles. The smallest absolute Gasteiger partial charge is 0.325 e. The van der Waals surface area contributed by atoms with E-state index in [1.54, 1.807) is 5.32 Å². The highest BCUT2D eigenvalue weighted by Crippen LogP contribution is 2.20. The van der Waals surface area contributed by atoms with Crippen molar-refractivity contribution in [3.63, 3.8) is 0 Å². The predicted molar refractivity (Wildman–Crippen MR) is 152 cm³/mol. The van der Waals surface area contributed by atoms with Gasteiger partial charge in [-0.2, -0.15) is 16.8 Å². The average molecular weight is 695 g/mol. The molecule has 1 aromatic carbocycles. The van der Waals surface area contributed by atoms with Crippen molar-refractivity contribution < 1.29 is 74.1 Å². The van der Waals surface area contributed by atoms with E-state index < -0.39 is 120 Å². The van der Waals surface area contributed by atoms with Gasteiger partial charge in [-0.25, -0.2) is 0 Å². The van der Waals surface area contributed by atoms with Gasteiger partial charge in [-0.1, -0.05) is 0 Å². The summed E-state index contributed by atoms with van der Waals surface area (Å²) in [5.41, 5.74) is -2.24. The van der Waals surface area contributed by atoms with Crippen LogP contribution in [0.5, 0.6) is 0 Å². The Bertz CT molecular complexity index is 1660. The number of carbonyl (C=O) groups is 8. The number of benzene rings is 1. The van der Waals surface area contributed by atoms with Gasteiger partial charge in [0.05, 0.1) is 11.1 Å². The van der Waals surface area contributed by atoms with Crippen molar-refractivity contribution in [1.29, 1.82) is 0 Å². The molecule has 0 spiro atoms. The zero-order valence-corrected chi connectivity index (χ0v) is 26.1. The molecule has 0 aromatic heterocycles. The molecule has 4 amide bonds. The van der Waals surface area contributed by atoms with Crippen LogP contribution in [0.1, 0.15) is 69.1 Å². The fourth-order valence-corrected chi connectivity index (χ4v) is 4.76. The lowest BCUT2D eigenvalue weighted by Gasteiger charge is -2.22. The second-order valence-corrected chi connectivity index (χ2v) is 12.6. The molecule has 46 heavy (non-hydrogen) atoms. The summed E-state index contributed by atoms with van der Waals surface area (Å²) >= 11 is 0. The van der Waals surface area contributed by atoms with Gasteiger partial charge in [-0.15, -0.1) is 0 Å². The van der Waals surface area contributed by atoms with E-state index in [0.717, 1.165) is 33.8 Å². The molecule has 0 saturated heterocycles. The first kappa shape index (κ1) is 39.2. The first-order valence-electron chi connectivity index (χ1n) is 12.6. The van der Waals surface area contributed by atoms with Crippen molar-refractivity contribution in [3.05, 3.63) is 34.4 Å². The number of carboxylic acid groups (broad SMARTS) is 1. The van der Waals surface area contributed by atoms with Gasteiger partial charge >= 0.3 is 5.97 Å². The largest absolute Gasteiger partial charge is 0.480 e. The molecule has 0 aliphatic carbocycles. The maximum Gasteiger partial charge on any atom is 0.325 e. The van der Waals surface area contributed by atoms with E-state index in [1.165, 1.54) is 0 Å². The lowest BCUT2D eigenvalue weighted by Crippen LogP contribution is -2.54. The third-order valence-electron chi connectivity index (χ3n) is 5.76. The molecule has 0 radical (unpaired) electrons. The Morgan fingerprint density at radius 3 is 1.59 bits per heavy atom. The summed E-state index contributed by atoms with van der Waals surface area (Å²) in [7, 11) is -9.97. The Hall–Kier alpha value is -4.80. The predicted octanol–water partition coefficient (Wildman–Crippen LogP) is -2.71. The summed E-state index contributed by atoms with van der Waals surface area (Å²) in [5.74, 6) is -11.1. The van der Waals surface area contributed by atoms with Crippen molar-refractivity contribution in [3.8, 4) is 0 Å². The third-order valence-corrected chi connectivity index (χ3v) is 7.24. The van der Waals surface area contributed by atoms with Gasteiger partial charge < -0.3 is 31.1 Å². The number of nitrogens with one attached hydrogen (secondary N) is 4. The van der Waals surface area contributed by atoms with Crippen LogP contribution < -0.4 is 21.3 Å². The minimum atomic E-state index is -5.09. The summed E-state index contributed by atoms with van der Waals surface area (Å²) in [5, 5.41) is 16.8. The summed E-state index contributed by atoms with van der Waals surface area (Å²) in [6.45, 7) is 3.93. The number of hydrogen-bond acceptors (Lipinski definition) is 13. The SMILES string of the molecule is CC(=O)c1cc(C(C)=O)c(C(=O)NC(CS(=O)(=O)O)C(=O)N[C@H](CS(=O)(=O)O)OC=O)cc1C(=O)NC(C)C(=O)N[C@H](C)C(=O)O. The first-order chi connectivity index (χ1) is 21.0. The fourth-order valence-electron chi connectivity index (χ4n) is 3.56. The number of carboxylic acids is 1. The number of amides is 4. The van der Waals surface area contributed by atoms with E-state index in [-0.39, 0.29) is 6.47 Å². The number of ketones is 2. The van der Waals surface area contributed by atoms with Gasteiger partial charge in [-0.05, 0) is 39.8 Å². The Morgan fingerprint density at radius 1 is 0.717 bits per heavy atom. The minimum Gasteiger partial charge on any atom is -0.480 e. The lowest BCUT2D eigenvalue weighted by molar-refractivity contribution is -0.141. The second kappa shape index (κ2) is 16.0. The Morgan fingerprint density at radius 2 is 1.17 bits per heavy atom. The zero-order valence-electron chi connectivity index (χ0n) is 24.4. The monoisotopic (exact) mass is 694 g/mol. The van der Waals surface area contributed by atoms with Gasteiger partial charge in [0.25, 0.3) is 38.5 Å². The average Bonchev–Trinajstić information content (AvgIpc) is 2.89. The topological polar surface area (TPSA) is 323 Å². The van der Waals surface area contributed by atoms with Gasteiger partial charge in [0.2, 0.25) is 11.8 Å². The summed E-state index contributed by atoms with van der Waals surface area (Å²) in [6.07, 6.45) is -2.10. The van der Waals surface area contributed by atoms with E-state index in [2.05, 4.69) is 15.4 Å². The van der Waals surface area contributed by atoms with Crippen molar-refractivity contribution in [2.75, 3.05) is 11.5 Å². The van der Waals surface area contributed by atoms with E-state index in [0.29, 0.717) is 6.07 Å². The maximum atomic E-state index is 13.3. The van der Waals surface area contributed by atoms with Gasteiger partial charge in [0, 0.05) is 11.1 Å². The molecule has 22 heteroatoms. The number of Topliss-reactive ketones (excluding diaryl/α,β-unsaturated/α-hetero) is 2. The van der Waals surface area contributed by atoms with Crippen molar-refractivity contribution in [2.45, 2.75) is 52.0 Å². The summed E-state index contributed by atoms with van der Waals surface area (Å²) < 4.78 is 68.2. The Kier molecular flexibility index (Phi) is 13.6. The fraction of sp³-hybridized carbons (Fsp3) is 0.417. The third kappa shape index (κ3) is 12.3. The van der Waals surface area contributed by atoms with Crippen LogP contribution in [-0.4, -0.2) is 115 Å². The standard InChI is InChI=1S/C24H30N4O16S2/c1-10(20(32)26-11(2)24(36)37)25-21(33)16-6-17(15(13(4)31)5-14(16)12(3)30)22(34)27-18(7-45(38,39)40)23(35)28-19(44-9-29)8-46(41,42)43/h5-6,9-11,18-19H,7-8H2,1-4H3,(H,25,33)(H,26,32)(H,27,34)(H,28,35)(H,36,37)(H,38,39,40)(H,41,42,43)/t10?,11-,18?,19+/m1/s1. The van der Waals surface area contributed by atoms with Gasteiger partial charge in [-0.3, -0.25) is 47.5 Å². The molecule has 2 unspecified atom stereocenters. The highest BCUT2D eigenvalue weighted by Gasteiger charge is 2.32. The first-order valence-corrected chi connectivity index (χ1v) is 15.8. The zero-order chi connectivity index (χ0) is 35.7. The lowest BCUT2D eigenvalue weighted by atomic mass is 9.93. The molecule has 0 fully saturated rings. The number of aliphatic carboxylic acids is 1. The highest BCUT2D eigenvalue weighted by molar-refractivity contribution is 7.86. The molecule has 4 atom stereocenters. The van der Waals surface area contributed by atoms with Crippen LogP contribution in [0.25, 0.3) is 0 Å². The van der Waals surface area contributed by atoms with Crippen LogP contribution >= 0.6 is 0 Å². The van der Waals surface area contributed by atoms with Crippen LogP contribution in [0.2, 0.25) is 0 Å². The summed E-state index contributed by atoms with van der Waals surface area (Å²) in [6, 6.07) is -3.48.